The molecule has 1 fully saturated rings. The monoisotopic (exact) mass is 285 g/mol. The van der Waals surface area contributed by atoms with Gasteiger partial charge in [-0.15, -0.1) is 6.58 Å². The molecule has 0 aromatic heterocycles. The molecule has 1 amide bonds. The molecule has 3 heteroatoms. The molecular weight excluding hydrogens is 262 g/mol. The Morgan fingerprint density at radius 3 is 2.67 bits per heavy atom. The van der Waals surface area contributed by atoms with Gasteiger partial charge in [0.15, 0.2) is 0 Å². The van der Waals surface area contributed by atoms with Crippen LogP contribution in [0, 0.1) is 11.8 Å². The van der Waals surface area contributed by atoms with Crippen molar-refractivity contribution in [3.63, 3.8) is 0 Å². The zero-order chi connectivity index (χ0) is 15.2. The number of benzene rings is 1. The largest absolute Gasteiger partial charge is 0.337 e. The van der Waals surface area contributed by atoms with E-state index < -0.39 is 5.92 Å². The highest BCUT2D eigenvalue weighted by atomic mass is 16.2. The van der Waals surface area contributed by atoms with Crippen LogP contribution in [0.15, 0.2) is 43.0 Å². The van der Waals surface area contributed by atoms with Crippen LogP contribution in [0.3, 0.4) is 0 Å². The summed E-state index contributed by atoms with van der Waals surface area (Å²) in [5.74, 6) is -0.0304. The summed E-state index contributed by atoms with van der Waals surface area (Å²) in [6.07, 6.45) is 3.79. The zero-order valence-corrected chi connectivity index (χ0v) is 12.6. The first-order valence-electron chi connectivity index (χ1n) is 7.58. The van der Waals surface area contributed by atoms with E-state index in [4.69, 9.17) is 0 Å². The van der Waals surface area contributed by atoms with Gasteiger partial charge in [0.2, 0.25) is 5.91 Å². The smallest absolute Gasteiger partial charge is 0.233 e. The first kappa shape index (κ1) is 15.5. The van der Waals surface area contributed by atoms with E-state index in [1.165, 1.54) is 0 Å². The predicted molar refractivity (Wildman–Crippen MR) is 83.6 cm³/mol. The Morgan fingerprint density at radius 1 is 1.38 bits per heavy atom. The Bertz CT molecular complexity index is 509. The van der Waals surface area contributed by atoms with Crippen LogP contribution in [0.4, 0.5) is 0 Å². The molecule has 21 heavy (non-hydrogen) atoms. The second-order valence-electron chi connectivity index (χ2n) is 5.89. The van der Waals surface area contributed by atoms with Crippen LogP contribution in [0.1, 0.15) is 31.7 Å². The Kier molecular flexibility index (Phi) is 5.32. The van der Waals surface area contributed by atoms with E-state index in [1.807, 2.05) is 43.3 Å². The van der Waals surface area contributed by atoms with Gasteiger partial charge in [-0.3, -0.25) is 9.59 Å². The molecule has 2 unspecified atom stereocenters. The molecule has 0 saturated heterocycles. The van der Waals surface area contributed by atoms with Gasteiger partial charge in [-0.2, -0.15) is 0 Å². The number of ketones is 1. The number of hydrogen-bond acceptors (Lipinski definition) is 2. The lowest BCUT2D eigenvalue weighted by Gasteiger charge is -2.25. The van der Waals surface area contributed by atoms with E-state index in [0.717, 1.165) is 12.0 Å². The molecule has 0 radical (unpaired) electrons. The van der Waals surface area contributed by atoms with Gasteiger partial charge in [-0.1, -0.05) is 43.3 Å². The van der Waals surface area contributed by atoms with Gasteiger partial charge in [0, 0.05) is 19.5 Å². The van der Waals surface area contributed by atoms with E-state index in [9.17, 15) is 9.59 Å². The third-order valence-electron chi connectivity index (χ3n) is 4.01. The molecule has 1 aliphatic carbocycles. The highest BCUT2D eigenvalue weighted by molar-refractivity contribution is 6.02. The van der Waals surface area contributed by atoms with Crippen molar-refractivity contribution >= 4 is 11.7 Å². The molecular formula is C18H23NO2. The lowest BCUT2D eigenvalue weighted by molar-refractivity contribution is -0.140. The van der Waals surface area contributed by atoms with Crippen molar-refractivity contribution in [1.82, 2.24) is 4.90 Å². The molecule has 1 aromatic rings. The number of hydrogen-bond donors (Lipinski definition) is 0. The molecule has 1 saturated carbocycles. The minimum absolute atomic E-state index is 0.0185. The van der Waals surface area contributed by atoms with Crippen molar-refractivity contribution in [2.75, 3.05) is 6.54 Å². The summed E-state index contributed by atoms with van der Waals surface area (Å²) in [4.78, 5) is 26.5. The molecule has 0 bridgehead atoms. The van der Waals surface area contributed by atoms with Crippen molar-refractivity contribution in [1.29, 1.82) is 0 Å². The van der Waals surface area contributed by atoms with E-state index in [1.54, 1.807) is 4.90 Å². The molecule has 0 aliphatic heterocycles. The summed E-state index contributed by atoms with van der Waals surface area (Å²) in [6, 6.07) is 9.91. The second kappa shape index (κ2) is 7.21. The van der Waals surface area contributed by atoms with Gasteiger partial charge < -0.3 is 4.90 Å². The molecule has 3 nitrogen and oxygen atoms in total. The maximum absolute atomic E-state index is 12.7. The van der Waals surface area contributed by atoms with Crippen LogP contribution in [-0.4, -0.2) is 23.1 Å². The quantitative estimate of drug-likeness (QED) is 0.594. The third-order valence-corrected chi connectivity index (χ3v) is 4.01. The lowest BCUT2D eigenvalue weighted by Crippen LogP contribution is -2.38. The zero-order valence-electron chi connectivity index (χ0n) is 12.6. The maximum atomic E-state index is 12.7. The first-order chi connectivity index (χ1) is 10.1. The molecule has 0 heterocycles. The van der Waals surface area contributed by atoms with Crippen molar-refractivity contribution in [2.24, 2.45) is 11.8 Å². The first-order valence-corrected chi connectivity index (χ1v) is 7.58. The lowest BCUT2D eigenvalue weighted by atomic mass is 10.0. The topological polar surface area (TPSA) is 37.4 Å². The minimum atomic E-state index is -0.437. The van der Waals surface area contributed by atoms with E-state index in [0.29, 0.717) is 31.8 Å². The molecule has 2 rings (SSSR count). The van der Waals surface area contributed by atoms with Crippen LogP contribution < -0.4 is 0 Å². The second-order valence-corrected chi connectivity index (χ2v) is 5.89. The Hall–Kier alpha value is -1.90. The fourth-order valence-corrected chi connectivity index (χ4v) is 2.88. The van der Waals surface area contributed by atoms with Gasteiger partial charge in [0.25, 0.3) is 0 Å². The summed E-state index contributed by atoms with van der Waals surface area (Å²) in [7, 11) is 0. The van der Waals surface area contributed by atoms with Crippen LogP contribution in [0.5, 0.6) is 0 Å². The minimum Gasteiger partial charge on any atom is -0.337 e. The summed E-state index contributed by atoms with van der Waals surface area (Å²) in [5, 5.41) is 0. The number of amides is 1. The SMILES string of the molecule is C=CCCN(Cc1ccccc1)C(=O)C1CC(C)CC1=O. The van der Waals surface area contributed by atoms with Crippen molar-refractivity contribution in [2.45, 2.75) is 32.7 Å². The summed E-state index contributed by atoms with van der Waals surface area (Å²) >= 11 is 0. The maximum Gasteiger partial charge on any atom is 0.233 e. The average molecular weight is 285 g/mol. The number of carbonyl (C=O) groups excluding carboxylic acids is 2. The number of rotatable bonds is 6. The van der Waals surface area contributed by atoms with Gasteiger partial charge in [0.05, 0.1) is 5.92 Å². The highest BCUT2D eigenvalue weighted by Crippen LogP contribution is 2.29. The van der Waals surface area contributed by atoms with Gasteiger partial charge in [-0.05, 0) is 24.3 Å². The number of nitrogens with zero attached hydrogens (tertiary/aromatic N) is 1. The highest BCUT2D eigenvalue weighted by Gasteiger charge is 2.37. The van der Waals surface area contributed by atoms with Gasteiger partial charge in [0.1, 0.15) is 5.78 Å². The molecule has 112 valence electrons. The summed E-state index contributed by atoms with van der Waals surface area (Å²) in [5.41, 5.74) is 1.09. The van der Waals surface area contributed by atoms with E-state index in [2.05, 4.69) is 6.58 Å². The number of carbonyl (C=O) groups is 2. The predicted octanol–water partition coefficient (Wildman–Crippen LogP) is 3.21. The van der Waals surface area contributed by atoms with Gasteiger partial charge >= 0.3 is 0 Å². The Labute approximate surface area is 126 Å². The fourth-order valence-electron chi connectivity index (χ4n) is 2.88. The van der Waals surface area contributed by atoms with Gasteiger partial charge in [-0.25, -0.2) is 0 Å². The molecule has 1 aromatic carbocycles. The Balaban J connectivity index is 2.09. The van der Waals surface area contributed by atoms with Crippen molar-refractivity contribution in [3.05, 3.63) is 48.6 Å². The standard InChI is InChI=1S/C18H23NO2/c1-3-4-10-19(13-15-8-6-5-7-9-15)18(21)16-11-14(2)12-17(16)20/h3,5-9,14,16H,1,4,10-13H2,2H3. The van der Waals surface area contributed by atoms with E-state index in [-0.39, 0.29) is 11.7 Å². The average Bonchev–Trinajstić information content (AvgIpc) is 2.82. The molecule has 0 N–H and O–H groups in total. The van der Waals surface area contributed by atoms with Crippen molar-refractivity contribution < 1.29 is 9.59 Å². The Morgan fingerprint density at radius 2 is 2.10 bits per heavy atom. The molecule has 0 spiro atoms. The van der Waals surface area contributed by atoms with Crippen LogP contribution in [0.25, 0.3) is 0 Å². The summed E-state index contributed by atoms with van der Waals surface area (Å²) < 4.78 is 0. The van der Waals surface area contributed by atoms with Crippen LogP contribution in [0.2, 0.25) is 0 Å². The molecule has 2 atom stereocenters. The van der Waals surface area contributed by atoms with E-state index >= 15 is 0 Å². The third kappa shape index (κ3) is 4.03. The normalized spacial score (nSPS) is 21.3. The van der Waals surface area contributed by atoms with Crippen molar-refractivity contribution in [3.8, 4) is 0 Å². The van der Waals surface area contributed by atoms with Crippen LogP contribution >= 0.6 is 0 Å². The number of Topliss-reactive ketones (excluding diaryl/α,β-unsaturated/α-hetero) is 1. The molecule has 1 aliphatic rings. The fraction of sp³-hybridized carbons (Fsp3) is 0.444. The summed E-state index contributed by atoms with van der Waals surface area (Å²) in [6.45, 7) is 6.94. The van der Waals surface area contributed by atoms with Crippen LogP contribution in [-0.2, 0) is 16.1 Å².